The lowest BCUT2D eigenvalue weighted by atomic mass is 10.3. The average Bonchev–Trinajstić information content (AvgIpc) is 2.47. The molecule has 1 aromatic heterocycles. The van der Waals surface area contributed by atoms with Gasteiger partial charge in [0.15, 0.2) is 0 Å². The molecule has 1 rings (SSSR count). The molecule has 0 aliphatic heterocycles. The van der Waals surface area contributed by atoms with Crippen molar-refractivity contribution in [2.24, 2.45) is 0 Å². The zero-order chi connectivity index (χ0) is 10.7. The van der Waals surface area contributed by atoms with E-state index in [0.717, 1.165) is 11.3 Å². The maximum Gasteiger partial charge on any atom is 0.380 e. The second-order valence-corrected chi connectivity index (χ2v) is 3.94. The van der Waals surface area contributed by atoms with E-state index in [2.05, 4.69) is 4.74 Å². The molecule has 0 saturated carbocycles. The predicted molar refractivity (Wildman–Crippen MR) is 55.3 cm³/mol. The second kappa shape index (κ2) is 4.77. The summed E-state index contributed by atoms with van der Waals surface area (Å²) in [5.41, 5.74) is 0. The van der Waals surface area contributed by atoms with Crippen LogP contribution in [0.4, 0.5) is 0 Å². The molecular weight excluding hydrogens is 247 g/mol. The lowest BCUT2D eigenvalue weighted by Gasteiger charge is -1.98. The molecular formula is C8H6Cl2O3S. The van der Waals surface area contributed by atoms with E-state index in [1.807, 2.05) is 0 Å². The molecule has 1 heterocycles. The van der Waals surface area contributed by atoms with Crippen LogP contribution in [0.5, 0.6) is 0 Å². The summed E-state index contributed by atoms with van der Waals surface area (Å²) in [6.45, 7) is 1.77. The number of rotatable bonds is 3. The molecule has 0 aromatic carbocycles. The number of hydrogen-bond acceptors (Lipinski definition) is 4. The Morgan fingerprint density at radius 1 is 1.50 bits per heavy atom. The Balaban J connectivity index is 2.90. The highest BCUT2D eigenvalue weighted by Crippen LogP contribution is 2.32. The molecule has 0 atom stereocenters. The number of hydrogen-bond donors (Lipinski definition) is 0. The Labute approximate surface area is 94.6 Å². The summed E-state index contributed by atoms with van der Waals surface area (Å²) in [6.07, 6.45) is 0. The van der Waals surface area contributed by atoms with Crippen LogP contribution in [0.1, 0.15) is 16.6 Å². The van der Waals surface area contributed by atoms with E-state index in [1.165, 1.54) is 5.38 Å². The van der Waals surface area contributed by atoms with Crippen molar-refractivity contribution in [3.8, 4) is 0 Å². The molecule has 1 aromatic rings. The SMILES string of the molecule is CCOC(=O)C(=O)c1scc(Cl)c1Cl. The lowest BCUT2D eigenvalue weighted by Crippen LogP contribution is -2.16. The van der Waals surface area contributed by atoms with Crippen LogP contribution in [-0.4, -0.2) is 18.4 Å². The molecule has 0 radical (unpaired) electrons. The molecule has 76 valence electrons. The summed E-state index contributed by atoms with van der Waals surface area (Å²) in [5, 5.41) is 1.87. The minimum absolute atomic E-state index is 0.106. The monoisotopic (exact) mass is 252 g/mol. The van der Waals surface area contributed by atoms with Gasteiger partial charge in [-0.25, -0.2) is 4.79 Å². The highest BCUT2D eigenvalue weighted by Gasteiger charge is 2.23. The van der Waals surface area contributed by atoms with Gasteiger partial charge in [0.25, 0.3) is 5.78 Å². The first kappa shape index (κ1) is 11.5. The lowest BCUT2D eigenvalue weighted by molar-refractivity contribution is -0.137. The van der Waals surface area contributed by atoms with Crippen molar-refractivity contribution in [1.82, 2.24) is 0 Å². The minimum Gasteiger partial charge on any atom is -0.460 e. The van der Waals surface area contributed by atoms with Gasteiger partial charge >= 0.3 is 5.97 Å². The van der Waals surface area contributed by atoms with Crippen molar-refractivity contribution in [2.45, 2.75) is 6.92 Å². The molecule has 3 nitrogen and oxygen atoms in total. The van der Waals surface area contributed by atoms with Gasteiger partial charge < -0.3 is 4.74 Å². The first-order chi connectivity index (χ1) is 6.57. The fraction of sp³-hybridized carbons (Fsp3) is 0.250. The summed E-state index contributed by atoms with van der Waals surface area (Å²) in [7, 11) is 0. The van der Waals surface area contributed by atoms with Crippen LogP contribution < -0.4 is 0 Å². The molecule has 0 amide bonds. The highest BCUT2D eigenvalue weighted by molar-refractivity contribution is 7.14. The Hall–Kier alpha value is -0.580. The van der Waals surface area contributed by atoms with Gasteiger partial charge in [0.2, 0.25) is 0 Å². The number of carbonyl (C=O) groups excluding carboxylic acids is 2. The van der Waals surface area contributed by atoms with Crippen molar-refractivity contribution >= 4 is 46.3 Å². The Morgan fingerprint density at radius 2 is 2.14 bits per heavy atom. The molecule has 0 N–H and O–H groups in total. The smallest absolute Gasteiger partial charge is 0.380 e. The van der Waals surface area contributed by atoms with Gasteiger partial charge in [0, 0.05) is 5.38 Å². The van der Waals surface area contributed by atoms with Crippen LogP contribution in [0.2, 0.25) is 10.0 Å². The highest BCUT2D eigenvalue weighted by atomic mass is 35.5. The molecule has 0 fully saturated rings. The quantitative estimate of drug-likeness (QED) is 0.472. The minimum atomic E-state index is -0.909. The Bertz CT molecular complexity index is 373. The van der Waals surface area contributed by atoms with Gasteiger partial charge in [0.05, 0.1) is 16.7 Å². The van der Waals surface area contributed by atoms with Crippen LogP contribution in [0.3, 0.4) is 0 Å². The number of Topliss-reactive ketones (excluding diaryl/α,β-unsaturated/α-hetero) is 1. The van der Waals surface area contributed by atoms with Crippen LogP contribution >= 0.6 is 34.5 Å². The molecule has 14 heavy (non-hydrogen) atoms. The number of ketones is 1. The molecule has 0 unspecified atom stereocenters. The van der Waals surface area contributed by atoms with Crippen molar-refractivity contribution in [3.63, 3.8) is 0 Å². The van der Waals surface area contributed by atoms with Gasteiger partial charge in [0.1, 0.15) is 4.88 Å². The Kier molecular flexibility index (Phi) is 3.92. The fourth-order valence-electron chi connectivity index (χ4n) is 0.765. The van der Waals surface area contributed by atoms with Crippen molar-refractivity contribution in [2.75, 3.05) is 6.61 Å². The topological polar surface area (TPSA) is 43.4 Å². The van der Waals surface area contributed by atoms with Gasteiger partial charge in [-0.15, -0.1) is 11.3 Å². The van der Waals surface area contributed by atoms with Crippen LogP contribution in [0.15, 0.2) is 5.38 Å². The number of thiophene rings is 1. The van der Waals surface area contributed by atoms with Crippen molar-refractivity contribution in [3.05, 3.63) is 20.3 Å². The third-order valence-electron chi connectivity index (χ3n) is 1.36. The number of esters is 1. The normalized spacial score (nSPS) is 9.93. The van der Waals surface area contributed by atoms with E-state index in [9.17, 15) is 9.59 Å². The Morgan fingerprint density at radius 3 is 2.57 bits per heavy atom. The van der Waals surface area contributed by atoms with Crippen LogP contribution in [-0.2, 0) is 9.53 Å². The molecule has 0 spiro atoms. The van der Waals surface area contributed by atoms with E-state index >= 15 is 0 Å². The third kappa shape index (κ3) is 2.26. The maximum atomic E-state index is 11.4. The first-order valence-electron chi connectivity index (χ1n) is 3.71. The number of halogens is 2. The van der Waals surface area contributed by atoms with Crippen molar-refractivity contribution < 1.29 is 14.3 Å². The van der Waals surface area contributed by atoms with Gasteiger partial charge in [-0.2, -0.15) is 0 Å². The number of carbonyl (C=O) groups is 2. The molecule has 0 aliphatic rings. The van der Waals surface area contributed by atoms with Gasteiger partial charge in [-0.1, -0.05) is 23.2 Å². The van der Waals surface area contributed by atoms with E-state index in [-0.39, 0.29) is 21.5 Å². The molecule has 6 heteroatoms. The summed E-state index contributed by atoms with van der Waals surface area (Å²) in [5.74, 6) is -1.67. The fourth-order valence-corrected chi connectivity index (χ4v) is 2.13. The zero-order valence-electron chi connectivity index (χ0n) is 7.17. The van der Waals surface area contributed by atoms with E-state index in [1.54, 1.807) is 6.92 Å². The van der Waals surface area contributed by atoms with E-state index < -0.39 is 11.8 Å². The predicted octanol–water partition coefficient (Wildman–Crippen LogP) is 2.80. The third-order valence-corrected chi connectivity index (χ3v) is 3.36. The largest absolute Gasteiger partial charge is 0.460 e. The maximum absolute atomic E-state index is 11.4. The van der Waals surface area contributed by atoms with Crippen molar-refractivity contribution in [1.29, 1.82) is 0 Å². The zero-order valence-corrected chi connectivity index (χ0v) is 9.50. The standard InChI is InChI=1S/C8H6Cl2O3S/c1-2-13-8(12)6(11)7-5(10)4(9)3-14-7/h3H,2H2,1H3. The second-order valence-electron chi connectivity index (χ2n) is 2.28. The number of ether oxygens (including phenoxy) is 1. The molecule has 0 bridgehead atoms. The molecule has 0 aliphatic carbocycles. The van der Waals surface area contributed by atoms with Gasteiger partial charge in [-0.05, 0) is 6.92 Å². The van der Waals surface area contributed by atoms with Crippen LogP contribution in [0.25, 0.3) is 0 Å². The summed E-state index contributed by atoms with van der Waals surface area (Å²) >= 11 is 12.4. The average molecular weight is 253 g/mol. The van der Waals surface area contributed by atoms with E-state index in [4.69, 9.17) is 23.2 Å². The first-order valence-corrected chi connectivity index (χ1v) is 5.35. The summed E-state index contributed by atoms with van der Waals surface area (Å²) < 4.78 is 4.54. The van der Waals surface area contributed by atoms with Crippen LogP contribution in [0, 0.1) is 0 Å². The molecule has 0 saturated heterocycles. The van der Waals surface area contributed by atoms with Gasteiger partial charge in [-0.3, -0.25) is 4.79 Å². The summed E-state index contributed by atoms with van der Waals surface area (Å²) in [6, 6.07) is 0. The summed E-state index contributed by atoms with van der Waals surface area (Å²) in [4.78, 5) is 22.5. The van der Waals surface area contributed by atoms with E-state index in [0.29, 0.717) is 0 Å².